The van der Waals surface area contributed by atoms with Gasteiger partial charge < -0.3 is 0 Å². The Kier molecular flexibility index (Phi) is 5.12. The van der Waals surface area contributed by atoms with Gasteiger partial charge in [-0.25, -0.2) is 9.07 Å². The maximum absolute atomic E-state index is 13.0. The molecule has 1 aliphatic heterocycles. The predicted octanol–water partition coefficient (Wildman–Crippen LogP) is 4.11. The molecule has 5 heteroatoms. The van der Waals surface area contributed by atoms with Crippen LogP contribution in [-0.4, -0.2) is 33.6 Å². The van der Waals surface area contributed by atoms with E-state index in [9.17, 15) is 9.18 Å². The van der Waals surface area contributed by atoms with Crippen LogP contribution in [0.3, 0.4) is 0 Å². The lowest BCUT2D eigenvalue weighted by atomic mass is 9.89. The molecule has 0 spiro atoms. The molecule has 1 fully saturated rings. The van der Waals surface area contributed by atoms with Gasteiger partial charge in [0.1, 0.15) is 5.82 Å². The van der Waals surface area contributed by atoms with Crippen LogP contribution in [0.25, 0.3) is 5.69 Å². The summed E-state index contributed by atoms with van der Waals surface area (Å²) in [5.74, 6) is -0.150. The highest BCUT2D eigenvalue weighted by Gasteiger charge is 2.26. The zero-order chi connectivity index (χ0) is 18.6. The third-order valence-electron chi connectivity index (χ3n) is 5.15. The molecule has 0 amide bonds. The van der Waals surface area contributed by atoms with E-state index >= 15 is 0 Å². The van der Waals surface area contributed by atoms with Gasteiger partial charge in [-0.15, -0.1) is 0 Å². The second-order valence-corrected chi connectivity index (χ2v) is 7.05. The van der Waals surface area contributed by atoms with Crippen molar-refractivity contribution < 1.29 is 9.18 Å². The van der Waals surface area contributed by atoms with Gasteiger partial charge in [-0.05, 0) is 62.3 Å². The Balaban J connectivity index is 1.33. The molecule has 3 aromatic rings. The number of carbonyl (C=O) groups is 1. The van der Waals surface area contributed by atoms with Crippen molar-refractivity contribution in [3.63, 3.8) is 0 Å². The molecule has 0 unspecified atom stereocenters. The predicted molar refractivity (Wildman–Crippen MR) is 102 cm³/mol. The van der Waals surface area contributed by atoms with Crippen molar-refractivity contribution in [2.45, 2.75) is 19.4 Å². The minimum Gasteiger partial charge on any atom is -0.299 e. The van der Waals surface area contributed by atoms with Gasteiger partial charge in [-0.3, -0.25) is 9.69 Å². The SMILES string of the molecule is O=C(c1ccc(F)cc1)C1CCN(Cc2cnn(-c3ccccc3)c2)CC1. The summed E-state index contributed by atoms with van der Waals surface area (Å²) in [6, 6.07) is 15.9. The van der Waals surface area contributed by atoms with Crippen LogP contribution < -0.4 is 0 Å². The fourth-order valence-electron chi connectivity index (χ4n) is 3.62. The van der Waals surface area contributed by atoms with E-state index in [1.54, 1.807) is 12.1 Å². The summed E-state index contributed by atoms with van der Waals surface area (Å²) in [5.41, 5.74) is 2.83. The second kappa shape index (κ2) is 7.84. The summed E-state index contributed by atoms with van der Waals surface area (Å²) in [5, 5.41) is 4.45. The number of hydrogen-bond acceptors (Lipinski definition) is 3. The molecule has 4 rings (SSSR count). The number of aromatic nitrogens is 2. The fourth-order valence-corrected chi connectivity index (χ4v) is 3.62. The molecule has 0 bridgehead atoms. The third kappa shape index (κ3) is 4.14. The van der Waals surface area contributed by atoms with Crippen molar-refractivity contribution in [3.8, 4) is 5.69 Å². The van der Waals surface area contributed by atoms with Crippen LogP contribution in [0, 0.1) is 11.7 Å². The van der Waals surface area contributed by atoms with Crippen molar-refractivity contribution >= 4 is 5.78 Å². The first-order chi connectivity index (χ1) is 13.2. The number of hydrogen-bond donors (Lipinski definition) is 0. The Labute approximate surface area is 158 Å². The number of halogens is 1. The van der Waals surface area contributed by atoms with Crippen molar-refractivity contribution in [2.75, 3.05) is 13.1 Å². The molecule has 4 nitrogen and oxygen atoms in total. The number of piperidine rings is 1. The van der Waals surface area contributed by atoms with Gasteiger partial charge in [0.05, 0.1) is 11.9 Å². The Morgan fingerprint density at radius 3 is 2.44 bits per heavy atom. The Hall–Kier alpha value is -2.79. The number of Topliss-reactive ketones (excluding diaryl/α,β-unsaturated/α-hetero) is 1. The van der Waals surface area contributed by atoms with E-state index in [0.29, 0.717) is 5.56 Å². The molecule has 0 radical (unpaired) electrons. The van der Waals surface area contributed by atoms with Gasteiger partial charge in [0.2, 0.25) is 0 Å². The van der Waals surface area contributed by atoms with Gasteiger partial charge in [0, 0.05) is 29.8 Å². The van der Waals surface area contributed by atoms with Crippen LogP contribution >= 0.6 is 0 Å². The van der Waals surface area contributed by atoms with E-state index in [1.807, 2.05) is 41.2 Å². The normalized spacial score (nSPS) is 15.7. The number of benzene rings is 2. The first kappa shape index (κ1) is 17.6. The van der Waals surface area contributed by atoms with Crippen LogP contribution in [0.15, 0.2) is 67.0 Å². The first-order valence-electron chi connectivity index (χ1n) is 9.30. The van der Waals surface area contributed by atoms with E-state index in [0.717, 1.165) is 38.2 Å². The summed E-state index contributed by atoms with van der Waals surface area (Å²) >= 11 is 0. The number of ketones is 1. The highest BCUT2D eigenvalue weighted by atomic mass is 19.1. The molecule has 0 N–H and O–H groups in total. The van der Waals surface area contributed by atoms with E-state index in [1.165, 1.54) is 17.7 Å². The van der Waals surface area contributed by atoms with E-state index in [4.69, 9.17) is 0 Å². The van der Waals surface area contributed by atoms with Crippen LogP contribution in [0.1, 0.15) is 28.8 Å². The zero-order valence-corrected chi connectivity index (χ0v) is 15.1. The monoisotopic (exact) mass is 363 g/mol. The molecule has 0 saturated carbocycles. The van der Waals surface area contributed by atoms with Gasteiger partial charge in [0.25, 0.3) is 0 Å². The summed E-state index contributed by atoms with van der Waals surface area (Å²) in [6.07, 6.45) is 5.64. The number of rotatable bonds is 5. The number of likely N-dealkylation sites (tertiary alicyclic amines) is 1. The second-order valence-electron chi connectivity index (χ2n) is 7.05. The molecule has 138 valence electrons. The molecule has 0 aliphatic carbocycles. The smallest absolute Gasteiger partial charge is 0.166 e. The molecule has 1 aromatic heterocycles. The molecule has 27 heavy (non-hydrogen) atoms. The summed E-state index contributed by atoms with van der Waals surface area (Å²) in [7, 11) is 0. The summed E-state index contributed by atoms with van der Waals surface area (Å²) in [4.78, 5) is 14.9. The highest BCUT2D eigenvalue weighted by molar-refractivity contribution is 5.97. The number of carbonyl (C=O) groups excluding carboxylic acids is 1. The lowest BCUT2D eigenvalue weighted by Gasteiger charge is -2.30. The standard InChI is InChI=1S/C22H22FN3O/c23-20-8-6-18(7-9-20)22(27)19-10-12-25(13-11-19)15-17-14-24-26(16-17)21-4-2-1-3-5-21/h1-9,14,16,19H,10-13,15H2. The first-order valence-corrected chi connectivity index (χ1v) is 9.30. The molecular weight excluding hydrogens is 341 g/mol. The Morgan fingerprint density at radius 2 is 1.74 bits per heavy atom. The lowest BCUT2D eigenvalue weighted by molar-refractivity contribution is 0.0835. The van der Waals surface area contributed by atoms with Crippen LogP contribution in [0.4, 0.5) is 4.39 Å². The van der Waals surface area contributed by atoms with Crippen molar-refractivity contribution in [1.29, 1.82) is 0 Å². The quantitative estimate of drug-likeness (QED) is 0.641. The maximum atomic E-state index is 13.0. The Bertz CT molecular complexity index is 897. The van der Waals surface area contributed by atoms with Crippen molar-refractivity contribution in [2.24, 2.45) is 5.92 Å². The molecule has 0 atom stereocenters. The van der Waals surface area contributed by atoms with Gasteiger partial charge in [-0.1, -0.05) is 18.2 Å². The van der Waals surface area contributed by atoms with Crippen molar-refractivity contribution in [3.05, 3.63) is 83.9 Å². The van der Waals surface area contributed by atoms with Crippen LogP contribution in [-0.2, 0) is 6.54 Å². The van der Waals surface area contributed by atoms with Crippen LogP contribution in [0.2, 0.25) is 0 Å². The molecular formula is C22H22FN3O. The average Bonchev–Trinajstić information content (AvgIpc) is 3.18. The van der Waals surface area contributed by atoms with Gasteiger partial charge in [0.15, 0.2) is 5.78 Å². The Morgan fingerprint density at radius 1 is 1.04 bits per heavy atom. The lowest BCUT2D eigenvalue weighted by Crippen LogP contribution is -2.35. The highest BCUT2D eigenvalue weighted by Crippen LogP contribution is 2.23. The molecule has 2 heterocycles. The number of para-hydroxylation sites is 1. The topological polar surface area (TPSA) is 38.1 Å². The summed E-state index contributed by atoms with van der Waals surface area (Å²) < 4.78 is 14.9. The maximum Gasteiger partial charge on any atom is 0.166 e. The third-order valence-corrected chi connectivity index (χ3v) is 5.15. The fraction of sp³-hybridized carbons (Fsp3) is 0.273. The van der Waals surface area contributed by atoms with Gasteiger partial charge >= 0.3 is 0 Å². The minimum atomic E-state index is -0.308. The number of nitrogens with zero attached hydrogens (tertiary/aromatic N) is 3. The van der Waals surface area contributed by atoms with Crippen LogP contribution in [0.5, 0.6) is 0 Å². The molecule has 1 aliphatic rings. The minimum absolute atomic E-state index is 0.0266. The average molecular weight is 363 g/mol. The molecule has 2 aromatic carbocycles. The summed E-state index contributed by atoms with van der Waals surface area (Å²) in [6.45, 7) is 2.60. The zero-order valence-electron chi connectivity index (χ0n) is 15.1. The largest absolute Gasteiger partial charge is 0.299 e. The van der Waals surface area contributed by atoms with Gasteiger partial charge in [-0.2, -0.15) is 5.10 Å². The van der Waals surface area contributed by atoms with E-state index in [-0.39, 0.29) is 17.5 Å². The van der Waals surface area contributed by atoms with E-state index < -0.39 is 0 Å². The van der Waals surface area contributed by atoms with Crippen molar-refractivity contribution in [1.82, 2.24) is 14.7 Å². The van der Waals surface area contributed by atoms with E-state index in [2.05, 4.69) is 16.2 Å². The molecule has 1 saturated heterocycles.